The second-order valence-corrected chi connectivity index (χ2v) is 5.75. The predicted molar refractivity (Wildman–Crippen MR) is 90.8 cm³/mol. The Bertz CT molecular complexity index is 821. The Morgan fingerprint density at radius 1 is 0.952 bits per heavy atom. The lowest BCUT2D eigenvalue weighted by Gasteiger charge is -2.11. The third-order valence-electron chi connectivity index (χ3n) is 3.55. The van der Waals surface area contributed by atoms with E-state index in [-0.39, 0.29) is 5.91 Å². The highest BCUT2D eigenvalue weighted by Crippen LogP contribution is 2.25. The summed E-state index contributed by atoms with van der Waals surface area (Å²) in [6, 6.07) is 19.6. The number of benzene rings is 3. The third-order valence-corrected chi connectivity index (χ3v) is 4.41. The average Bonchev–Trinajstić information content (AvgIpc) is 2.50. The van der Waals surface area contributed by atoms with Crippen LogP contribution in [-0.4, -0.2) is 5.91 Å². The van der Waals surface area contributed by atoms with Crippen LogP contribution in [0, 0.1) is 6.92 Å². The second kappa shape index (κ2) is 5.70. The number of hydrogen-bond donors (Lipinski definition) is 1. The van der Waals surface area contributed by atoms with E-state index in [1.807, 2.05) is 67.6 Å². The summed E-state index contributed by atoms with van der Waals surface area (Å²) >= 11 is 3.46. The van der Waals surface area contributed by atoms with E-state index in [0.29, 0.717) is 5.56 Å². The SMILES string of the molecule is Cc1c(Br)cccc1C(=O)Nc1cccc2ccccc12. The number of nitrogens with one attached hydrogen (secondary N) is 1. The van der Waals surface area contributed by atoms with E-state index >= 15 is 0 Å². The van der Waals surface area contributed by atoms with Crippen molar-refractivity contribution in [1.82, 2.24) is 0 Å². The topological polar surface area (TPSA) is 29.1 Å². The first-order chi connectivity index (χ1) is 10.2. The van der Waals surface area contributed by atoms with Crippen LogP contribution in [0.1, 0.15) is 15.9 Å². The van der Waals surface area contributed by atoms with Crippen LogP contribution in [0.3, 0.4) is 0 Å². The molecular weight excluding hydrogens is 326 g/mol. The monoisotopic (exact) mass is 339 g/mol. The van der Waals surface area contributed by atoms with Crippen LogP contribution in [-0.2, 0) is 0 Å². The molecule has 3 rings (SSSR count). The zero-order valence-electron chi connectivity index (χ0n) is 11.6. The minimum Gasteiger partial charge on any atom is -0.321 e. The fourth-order valence-electron chi connectivity index (χ4n) is 2.38. The van der Waals surface area contributed by atoms with Gasteiger partial charge in [-0.2, -0.15) is 0 Å². The zero-order valence-corrected chi connectivity index (χ0v) is 13.1. The number of anilines is 1. The van der Waals surface area contributed by atoms with Crippen molar-refractivity contribution < 1.29 is 4.79 Å². The fourth-order valence-corrected chi connectivity index (χ4v) is 2.74. The van der Waals surface area contributed by atoms with Gasteiger partial charge in [0.15, 0.2) is 0 Å². The lowest BCUT2D eigenvalue weighted by Crippen LogP contribution is -2.13. The van der Waals surface area contributed by atoms with Gasteiger partial charge >= 0.3 is 0 Å². The maximum Gasteiger partial charge on any atom is 0.255 e. The number of hydrogen-bond acceptors (Lipinski definition) is 1. The van der Waals surface area contributed by atoms with Gasteiger partial charge in [-0.25, -0.2) is 0 Å². The molecule has 1 amide bonds. The van der Waals surface area contributed by atoms with Gasteiger partial charge in [0, 0.05) is 21.1 Å². The first-order valence-corrected chi connectivity index (χ1v) is 7.50. The van der Waals surface area contributed by atoms with Gasteiger partial charge in [-0.15, -0.1) is 0 Å². The molecule has 2 nitrogen and oxygen atoms in total. The number of carbonyl (C=O) groups is 1. The standard InChI is InChI=1S/C18H14BrNO/c1-12-14(9-5-10-16(12)19)18(21)20-17-11-4-7-13-6-2-3-8-15(13)17/h2-11H,1H3,(H,20,21). The maximum atomic E-state index is 12.5. The van der Waals surface area contributed by atoms with E-state index in [0.717, 1.165) is 26.5 Å². The van der Waals surface area contributed by atoms with E-state index in [4.69, 9.17) is 0 Å². The van der Waals surface area contributed by atoms with Gasteiger partial charge in [-0.1, -0.05) is 58.4 Å². The van der Waals surface area contributed by atoms with Gasteiger partial charge in [0.25, 0.3) is 5.91 Å². The van der Waals surface area contributed by atoms with Crippen LogP contribution < -0.4 is 5.32 Å². The highest BCUT2D eigenvalue weighted by molar-refractivity contribution is 9.10. The number of halogens is 1. The fraction of sp³-hybridized carbons (Fsp3) is 0.0556. The molecule has 0 saturated heterocycles. The molecule has 0 spiro atoms. The molecule has 0 atom stereocenters. The van der Waals surface area contributed by atoms with Gasteiger partial charge in [0.1, 0.15) is 0 Å². The summed E-state index contributed by atoms with van der Waals surface area (Å²) in [5.74, 6) is -0.0925. The molecule has 0 aromatic heterocycles. The Morgan fingerprint density at radius 3 is 2.52 bits per heavy atom. The lowest BCUT2D eigenvalue weighted by molar-refractivity contribution is 0.102. The Morgan fingerprint density at radius 2 is 1.67 bits per heavy atom. The second-order valence-electron chi connectivity index (χ2n) is 4.89. The zero-order chi connectivity index (χ0) is 14.8. The van der Waals surface area contributed by atoms with E-state index in [1.54, 1.807) is 0 Å². The summed E-state index contributed by atoms with van der Waals surface area (Å²) < 4.78 is 0.938. The van der Waals surface area contributed by atoms with Crippen molar-refractivity contribution in [3.8, 4) is 0 Å². The van der Waals surface area contributed by atoms with Crippen molar-refractivity contribution in [2.24, 2.45) is 0 Å². The molecule has 0 aliphatic heterocycles. The Balaban J connectivity index is 1.99. The van der Waals surface area contributed by atoms with Gasteiger partial charge in [0.2, 0.25) is 0 Å². The summed E-state index contributed by atoms with van der Waals surface area (Å²) in [6.45, 7) is 1.93. The summed E-state index contributed by atoms with van der Waals surface area (Å²) in [6.07, 6.45) is 0. The molecule has 0 saturated carbocycles. The molecule has 0 aliphatic carbocycles. The van der Waals surface area contributed by atoms with Crippen molar-refractivity contribution in [3.05, 3.63) is 76.3 Å². The van der Waals surface area contributed by atoms with Crippen LogP contribution in [0.15, 0.2) is 65.1 Å². The smallest absolute Gasteiger partial charge is 0.255 e. The molecule has 0 aliphatic rings. The normalized spacial score (nSPS) is 10.6. The number of carbonyl (C=O) groups excluding carboxylic acids is 1. The van der Waals surface area contributed by atoms with Crippen LogP contribution in [0.2, 0.25) is 0 Å². The van der Waals surface area contributed by atoms with Gasteiger partial charge in [-0.05, 0) is 36.1 Å². The largest absolute Gasteiger partial charge is 0.321 e. The Hall–Kier alpha value is -2.13. The molecule has 0 heterocycles. The van der Waals surface area contributed by atoms with Crippen LogP contribution in [0.4, 0.5) is 5.69 Å². The van der Waals surface area contributed by atoms with Crippen LogP contribution >= 0.6 is 15.9 Å². The molecule has 104 valence electrons. The lowest BCUT2D eigenvalue weighted by atomic mass is 10.1. The molecule has 0 radical (unpaired) electrons. The highest BCUT2D eigenvalue weighted by atomic mass is 79.9. The van der Waals surface area contributed by atoms with Crippen molar-refractivity contribution in [2.45, 2.75) is 6.92 Å². The number of rotatable bonds is 2. The molecule has 3 aromatic rings. The van der Waals surface area contributed by atoms with Gasteiger partial charge < -0.3 is 5.32 Å². The minimum atomic E-state index is -0.0925. The molecule has 21 heavy (non-hydrogen) atoms. The van der Waals surface area contributed by atoms with E-state index in [1.165, 1.54) is 0 Å². The van der Waals surface area contributed by atoms with Gasteiger partial charge in [-0.3, -0.25) is 4.79 Å². The van der Waals surface area contributed by atoms with E-state index in [9.17, 15) is 4.79 Å². The van der Waals surface area contributed by atoms with Crippen LogP contribution in [0.25, 0.3) is 10.8 Å². The number of amides is 1. The van der Waals surface area contributed by atoms with Gasteiger partial charge in [0.05, 0.1) is 0 Å². The molecule has 3 aromatic carbocycles. The van der Waals surface area contributed by atoms with Crippen molar-refractivity contribution in [1.29, 1.82) is 0 Å². The minimum absolute atomic E-state index is 0.0925. The summed E-state index contributed by atoms with van der Waals surface area (Å²) in [7, 11) is 0. The molecule has 0 fully saturated rings. The van der Waals surface area contributed by atoms with Crippen LogP contribution in [0.5, 0.6) is 0 Å². The van der Waals surface area contributed by atoms with E-state index in [2.05, 4.69) is 21.2 Å². The average molecular weight is 340 g/mol. The summed E-state index contributed by atoms with van der Waals surface area (Å²) in [4.78, 5) is 12.5. The number of fused-ring (bicyclic) bond motifs is 1. The Labute approximate surface area is 131 Å². The van der Waals surface area contributed by atoms with Crippen molar-refractivity contribution in [3.63, 3.8) is 0 Å². The molecule has 0 unspecified atom stereocenters. The summed E-state index contributed by atoms with van der Waals surface area (Å²) in [5, 5.41) is 5.16. The first-order valence-electron chi connectivity index (χ1n) is 6.71. The highest BCUT2D eigenvalue weighted by Gasteiger charge is 2.12. The van der Waals surface area contributed by atoms with Crippen molar-refractivity contribution in [2.75, 3.05) is 5.32 Å². The maximum absolute atomic E-state index is 12.5. The van der Waals surface area contributed by atoms with Crippen molar-refractivity contribution >= 4 is 38.3 Å². The summed E-state index contributed by atoms with van der Waals surface area (Å²) in [5.41, 5.74) is 2.45. The molecule has 1 N–H and O–H groups in total. The molecule has 3 heteroatoms. The predicted octanol–water partition coefficient (Wildman–Crippen LogP) is 5.16. The Kier molecular flexibility index (Phi) is 3.76. The third kappa shape index (κ3) is 2.69. The first kappa shape index (κ1) is 13.8. The molecular formula is C18H14BrNO. The quantitative estimate of drug-likeness (QED) is 0.686. The molecule has 0 bridgehead atoms. The van der Waals surface area contributed by atoms with E-state index < -0.39 is 0 Å².